The number of rotatable bonds is 5. The highest BCUT2D eigenvalue weighted by molar-refractivity contribution is 9.10. The lowest BCUT2D eigenvalue weighted by Gasteiger charge is -2.21. The van der Waals surface area contributed by atoms with Gasteiger partial charge in [0.2, 0.25) is 5.91 Å². The summed E-state index contributed by atoms with van der Waals surface area (Å²) in [6.45, 7) is 8.02. The number of nitrogens with one attached hydrogen (secondary N) is 1. The number of alkyl halides is 1. The number of aryl methyl sites for hydroxylation is 1. The van der Waals surface area contributed by atoms with E-state index in [0.717, 1.165) is 16.9 Å². The number of methoxy groups -OCH3 is 1. The van der Waals surface area contributed by atoms with Crippen molar-refractivity contribution in [3.63, 3.8) is 0 Å². The van der Waals surface area contributed by atoms with E-state index in [4.69, 9.17) is 4.74 Å². The smallest absolute Gasteiger partial charge is 0.234 e. The zero-order valence-corrected chi connectivity index (χ0v) is 13.7. The van der Waals surface area contributed by atoms with Crippen LogP contribution >= 0.6 is 15.9 Å². The molecule has 0 spiro atoms. The molecule has 0 fully saturated rings. The Morgan fingerprint density at radius 2 is 1.95 bits per heavy atom. The van der Waals surface area contributed by atoms with Gasteiger partial charge in [0.25, 0.3) is 0 Å². The van der Waals surface area contributed by atoms with Gasteiger partial charge in [0, 0.05) is 5.56 Å². The summed E-state index contributed by atoms with van der Waals surface area (Å²) in [5.41, 5.74) is 2.15. The van der Waals surface area contributed by atoms with E-state index < -0.39 is 0 Å². The minimum Gasteiger partial charge on any atom is -0.496 e. The van der Waals surface area contributed by atoms with Gasteiger partial charge in [-0.25, -0.2) is 0 Å². The first-order valence-corrected chi connectivity index (χ1v) is 7.37. The topological polar surface area (TPSA) is 38.3 Å². The number of ether oxygens (including phenoxy) is 1. The van der Waals surface area contributed by atoms with Gasteiger partial charge in [0.1, 0.15) is 5.75 Å². The van der Waals surface area contributed by atoms with Crippen LogP contribution in [0.1, 0.15) is 37.9 Å². The third-order valence-electron chi connectivity index (χ3n) is 3.05. The molecular formula is C15H22BrNO2. The van der Waals surface area contributed by atoms with Gasteiger partial charge in [-0.15, -0.1) is 0 Å². The Bertz CT molecular complexity index is 446. The van der Waals surface area contributed by atoms with Crippen molar-refractivity contribution in [3.8, 4) is 5.75 Å². The molecule has 1 aromatic rings. The maximum absolute atomic E-state index is 12.1. The Hall–Kier alpha value is -1.03. The molecule has 2 atom stereocenters. The van der Waals surface area contributed by atoms with Gasteiger partial charge in [-0.05, 0) is 25.8 Å². The highest BCUT2D eigenvalue weighted by Crippen LogP contribution is 2.26. The number of carbonyl (C=O) groups is 1. The van der Waals surface area contributed by atoms with Crippen molar-refractivity contribution >= 4 is 21.8 Å². The zero-order chi connectivity index (χ0) is 14.6. The molecule has 3 nitrogen and oxygen atoms in total. The first kappa shape index (κ1) is 16.0. The second-order valence-corrected chi connectivity index (χ2v) is 6.11. The predicted octanol–water partition coefficient (Wildman–Crippen LogP) is 3.60. The van der Waals surface area contributed by atoms with Crippen LogP contribution in [-0.4, -0.2) is 17.8 Å². The van der Waals surface area contributed by atoms with Crippen LogP contribution in [0, 0.1) is 12.8 Å². The van der Waals surface area contributed by atoms with Gasteiger partial charge in [0.15, 0.2) is 0 Å². The Labute approximate surface area is 123 Å². The van der Waals surface area contributed by atoms with Crippen molar-refractivity contribution in [2.45, 2.75) is 38.6 Å². The number of hydrogen-bond acceptors (Lipinski definition) is 2. The summed E-state index contributed by atoms with van der Waals surface area (Å²) in [5.74, 6) is 1.06. The van der Waals surface area contributed by atoms with Crippen LogP contribution < -0.4 is 10.1 Å². The first-order valence-electron chi connectivity index (χ1n) is 6.45. The molecule has 0 radical (unpaired) electrons. The molecule has 0 bridgehead atoms. The molecule has 1 N–H and O–H groups in total. The summed E-state index contributed by atoms with van der Waals surface area (Å²) in [7, 11) is 1.64. The molecule has 0 aliphatic rings. The van der Waals surface area contributed by atoms with Gasteiger partial charge in [0.05, 0.1) is 18.0 Å². The fraction of sp³-hybridized carbons (Fsp3) is 0.533. The van der Waals surface area contributed by atoms with E-state index in [-0.39, 0.29) is 22.7 Å². The lowest BCUT2D eigenvalue weighted by Crippen LogP contribution is -2.35. The third-order valence-corrected chi connectivity index (χ3v) is 4.52. The first-order chi connectivity index (χ1) is 8.86. The highest BCUT2D eigenvalue weighted by Gasteiger charge is 2.21. The van der Waals surface area contributed by atoms with Crippen molar-refractivity contribution < 1.29 is 9.53 Å². The SMILES string of the molecule is COc1ccc(C)cc1C(C)NC(=O)C(Br)C(C)C. The fourth-order valence-electron chi connectivity index (χ4n) is 1.87. The van der Waals surface area contributed by atoms with Crippen LogP contribution in [0.2, 0.25) is 0 Å². The third kappa shape index (κ3) is 4.23. The van der Waals surface area contributed by atoms with Crippen molar-refractivity contribution in [1.29, 1.82) is 0 Å². The normalized spacial score (nSPS) is 14.1. The van der Waals surface area contributed by atoms with Gasteiger partial charge in [-0.3, -0.25) is 4.79 Å². The standard InChI is InChI=1S/C15H22BrNO2/c1-9(2)14(16)15(18)17-11(4)12-8-10(3)6-7-13(12)19-5/h6-9,11,14H,1-5H3,(H,17,18). The number of benzene rings is 1. The predicted molar refractivity (Wildman–Crippen MR) is 81.8 cm³/mol. The number of hydrogen-bond donors (Lipinski definition) is 1. The summed E-state index contributed by atoms with van der Waals surface area (Å²) >= 11 is 3.42. The van der Waals surface area contributed by atoms with Crippen molar-refractivity contribution in [2.24, 2.45) is 5.92 Å². The molecule has 0 heterocycles. The molecule has 4 heteroatoms. The van der Waals surface area contributed by atoms with E-state index in [1.165, 1.54) is 0 Å². The molecule has 0 aromatic heterocycles. The second kappa shape index (κ2) is 6.94. The molecule has 0 saturated carbocycles. The van der Waals surface area contributed by atoms with E-state index in [0.29, 0.717) is 0 Å². The second-order valence-electron chi connectivity index (χ2n) is 5.12. The van der Waals surface area contributed by atoms with E-state index in [2.05, 4.69) is 21.2 Å². The highest BCUT2D eigenvalue weighted by atomic mass is 79.9. The van der Waals surface area contributed by atoms with Gasteiger partial charge >= 0.3 is 0 Å². The van der Waals surface area contributed by atoms with Crippen LogP contribution in [-0.2, 0) is 4.79 Å². The largest absolute Gasteiger partial charge is 0.496 e. The van der Waals surface area contributed by atoms with Crippen LogP contribution in [0.25, 0.3) is 0 Å². The maximum Gasteiger partial charge on any atom is 0.234 e. The molecule has 1 aromatic carbocycles. The number of carbonyl (C=O) groups excluding carboxylic acids is 1. The quantitative estimate of drug-likeness (QED) is 0.839. The summed E-state index contributed by atoms with van der Waals surface area (Å²) in [6, 6.07) is 5.89. The van der Waals surface area contributed by atoms with E-state index >= 15 is 0 Å². The van der Waals surface area contributed by atoms with Crippen molar-refractivity contribution in [3.05, 3.63) is 29.3 Å². The van der Waals surface area contributed by atoms with E-state index in [1.54, 1.807) is 7.11 Å². The summed E-state index contributed by atoms with van der Waals surface area (Å²) in [6.07, 6.45) is 0. The van der Waals surface area contributed by atoms with Crippen LogP contribution in [0.15, 0.2) is 18.2 Å². The lowest BCUT2D eigenvalue weighted by molar-refractivity contribution is -0.121. The van der Waals surface area contributed by atoms with Crippen LogP contribution in [0.4, 0.5) is 0 Å². The van der Waals surface area contributed by atoms with Crippen molar-refractivity contribution in [2.75, 3.05) is 7.11 Å². The van der Waals surface area contributed by atoms with Crippen molar-refractivity contribution in [1.82, 2.24) is 5.32 Å². The van der Waals surface area contributed by atoms with E-state index in [1.807, 2.05) is 45.9 Å². The minimum absolute atomic E-state index is 0.00561. The minimum atomic E-state index is -0.175. The Balaban J connectivity index is 2.86. The van der Waals surface area contributed by atoms with E-state index in [9.17, 15) is 4.79 Å². The van der Waals surface area contributed by atoms with Gasteiger partial charge < -0.3 is 10.1 Å². The maximum atomic E-state index is 12.1. The molecule has 0 saturated heterocycles. The molecule has 1 amide bonds. The Kier molecular flexibility index (Phi) is 5.85. The molecular weight excluding hydrogens is 306 g/mol. The monoisotopic (exact) mass is 327 g/mol. The molecule has 0 aliphatic carbocycles. The molecule has 106 valence electrons. The number of amides is 1. The number of halogens is 1. The Morgan fingerprint density at radius 3 is 2.47 bits per heavy atom. The fourth-order valence-corrected chi connectivity index (χ4v) is 2.00. The molecule has 0 aliphatic heterocycles. The van der Waals surface area contributed by atoms with Gasteiger partial charge in [-0.2, -0.15) is 0 Å². The summed E-state index contributed by atoms with van der Waals surface area (Å²) in [4.78, 5) is 11.9. The molecule has 2 unspecified atom stereocenters. The average Bonchev–Trinajstić information content (AvgIpc) is 2.37. The van der Waals surface area contributed by atoms with Gasteiger partial charge in [-0.1, -0.05) is 47.5 Å². The molecule has 1 rings (SSSR count). The average molecular weight is 328 g/mol. The van der Waals surface area contributed by atoms with Crippen LogP contribution in [0.3, 0.4) is 0 Å². The molecule has 19 heavy (non-hydrogen) atoms. The van der Waals surface area contributed by atoms with Crippen LogP contribution in [0.5, 0.6) is 5.75 Å². The Morgan fingerprint density at radius 1 is 1.32 bits per heavy atom. The zero-order valence-electron chi connectivity index (χ0n) is 12.2. The lowest BCUT2D eigenvalue weighted by atomic mass is 10.0. The summed E-state index contributed by atoms with van der Waals surface area (Å²) < 4.78 is 5.35. The summed E-state index contributed by atoms with van der Waals surface area (Å²) in [5, 5.41) is 3.01.